The third-order valence-electron chi connectivity index (χ3n) is 0.985. The monoisotopic (exact) mass is 218 g/mol. The van der Waals surface area contributed by atoms with Crippen molar-refractivity contribution in [2.24, 2.45) is 0 Å². The van der Waals surface area contributed by atoms with Gasteiger partial charge in [-0.2, -0.15) is 0 Å². The highest BCUT2D eigenvalue weighted by molar-refractivity contribution is 5.79. The van der Waals surface area contributed by atoms with E-state index < -0.39 is 24.5 Å². The van der Waals surface area contributed by atoms with Crippen LogP contribution in [0.2, 0.25) is 0 Å². The third kappa shape index (κ3) is 15.0. The quantitative estimate of drug-likeness (QED) is 0.335. The minimum atomic E-state index is -1.79. The molecule has 0 radical (unpaired) electrons. The Morgan fingerprint density at radius 2 is 1.87 bits per heavy atom. The second kappa shape index (κ2) is 10.3. The molecule has 0 rings (SSSR count). The number of rotatable bonds is 6. The van der Waals surface area contributed by atoms with Crippen molar-refractivity contribution in [3.05, 3.63) is 25.5 Å². The van der Waals surface area contributed by atoms with Crippen LogP contribution in [-0.4, -0.2) is 40.0 Å². The average molecular weight is 218 g/mol. The standard InChI is InChI=1S/C5H8O.C4H6O5/c1-3-5-6-4-2;5-2(4(8)9)1-3(6)7/h3-4H,1-2,5H2;2,5H,1H2,(H,6,7)(H,8,9). The molecule has 0 aromatic rings. The fourth-order valence-electron chi connectivity index (χ4n) is 0.389. The van der Waals surface area contributed by atoms with Crippen LogP contribution in [0.4, 0.5) is 0 Å². The first kappa shape index (κ1) is 15.6. The summed E-state index contributed by atoms with van der Waals surface area (Å²) in [6, 6.07) is 0. The van der Waals surface area contributed by atoms with Crippen LogP contribution >= 0.6 is 0 Å². The number of aliphatic carboxylic acids is 2. The van der Waals surface area contributed by atoms with E-state index in [1.807, 2.05) is 0 Å². The van der Waals surface area contributed by atoms with Crippen molar-refractivity contribution in [2.75, 3.05) is 6.61 Å². The zero-order valence-corrected chi connectivity index (χ0v) is 8.13. The molecule has 15 heavy (non-hydrogen) atoms. The lowest BCUT2D eigenvalue weighted by Gasteiger charge is -1.97. The largest absolute Gasteiger partial charge is 0.498 e. The molecular weight excluding hydrogens is 204 g/mol. The molecule has 0 aliphatic carbocycles. The van der Waals surface area contributed by atoms with E-state index >= 15 is 0 Å². The maximum absolute atomic E-state index is 9.72. The first-order valence-corrected chi connectivity index (χ1v) is 3.91. The van der Waals surface area contributed by atoms with E-state index in [0.717, 1.165) is 0 Å². The minimum absolute atomic E-state index is 0.559. The van der Waals surface area contributed by atoms with Crippen molar-refractivity contribution in [3.63, 3.8) is 0 Å². The molecule has 1 unspecified atom stereocenters. The minimum Gasteiger partial charge on any atom is -0.498 e. The molecule has 0 bridgehead atoms. The van der Waals surface area contributed by atoms with Gasteiger partial charge in [0.2, 0.25) is 0 Å². The van der Waals surface area contributed by atoms with Gasteiger partial charge in [-0.25, -0.2) is 4.79 Å². The lowest BCUT2D eigenvalue weighted by molar-refractivity contribution is -0.152. The van der Waals surface area contributed by atoms with Gasteiger partial charge in [-0.15, -0.1) is 0 Å². The normalized spacial score (nSPS) is 10.2. The fourth-order valence-corrected chi connectivity index (χ4v) is 0.389. The molecule has 0 amide bonds. The van der Waals surface area contributed by atoms with Gasteiger partial charge in [-0.05, 0) is 0 Å². The van der Waals surface area contributed by atoms with Crippen LogP contribution in [0.3, 0.4) is 0 Å². The van der Waals surface area contributed by atoms with Gasteiger partial charge in [-0.3, -0.25) is 4.79 Å². The SMILES string of the molecule is C=CCOC=C.O=C(O)CC(O)C(=O)O. The first-order chi connectivity index (χ1) is 6.95. The van der Waals surface area contributed by atoms with E-state index in [2.05, 4.69) is 17.9 Å². The zero-order valence-electron chi connectivity index (χ0n) is 8.13. The second-order valence-corrected chi connectivity index (χ2v) is 2.24. The second-order valence-electron chi connectivity index (χ2n) is 2.24. The fraction of sp³-hybridized carbons (Fsp3) is 0.333. The highest BCUT2D eigenvalue weighted by Crippen LogP contribution is 1.89. The van der Waals surface area contributed by atoms with Crippen LogP contribution in [0.15, 0.2) is 25.5 Å². The van der Waals surface area contributed by atoms with E-state index in [0.29, 0.717) is 6.61 Å². The van der Waals surface area contributed by atoms with Crippen LogP contribution < -0.4 is 0 Å². The van der Waals surface area contributed by atoms with Gasteiger partial charge in [0.05, 0.1) is 12.7 Å². The number of hydrogen-bond donors (Lipinski definition) is 3. The Labute approximate surface area is 87.1 Å². The Hall–Kier alpha value is -1.82. The van der Waals surface area contributed by atoms with Crippen molar-refractivity contribution in [1.29, 1.82) is 0 Å². The van der Waals surface area contributed by atoms with Crippen LogP contribution in [0.25, 0.3) is 0 Å². The van der Waals surface area contributed by atoms with Crippen LogP contribution in [-0.2, 0) is 14.3 Å². The number of hydrogen-bond acceptors (Lipinski definition) is 4. The molecule has 0 aliphatic rings. The molecule has 0 spiro atoms. The molecule has 0 aromatic carbocycles. The van der Waals surface area contributed by atoms with Crippen LogP contribution in [0, 0.1) is 0 Å². The summed E-state index contributed by atoms with van der Waals surface area (Å²) in [6.07, 6.45) is 0.515. The van der Waals surface area contributed by atoms with Crippen LogP contribution in [0.5, 0.6) is 0 Å². The summed E-state index contributed by atoms with van der Waals surface area (Å²) in [5.74, 6) is -2.85. The summed E-state index contributed by atoms with van der Waals surface area (Å²) in [5, 5.41) is 24.1. The van der Waals surface area contributed by atoms with Gasteiger partial charge in [0, 0.05) is 0 Å². The van der Waals surface area contributed by atoms with Crippen molar-refractivity contribution in [2.45, 2.75) is 12.5 Å². The predicted molar refractivity (Wildman–Crippen MR) is 52.2 cm³/mol. The number of aliphatic hydroxyl groups excluding tert-OH is 1. The zero-order chi connectivity index (χ0) is 12.3. The molecule has 3 N–H and O–H groups in total. The average Bonchev–Trinajstić information content (AvgIpc) is 2.14. The van der Waals surface area contributed by atoms with E-state index in [1.54, 1.807) is 6.08 Å². The van der Waals surface area contributed by atoms with Crippen LogP contribution in [0.1, 0.15) is 6.42 Å². The first-order valence-electron chi connectivity index (χ1n) is 3.91. The van der Waals surface area contributed by atoms with Gasteiger partial charge >= 0.3 is 11.9 Å². The summed E-state index contributed by atoms with van der Waals surface area (Å²) in [5.41, 5.74) is 0. The van der Waals surface area contributed by atoms with Gasteiger partial charge in [0.15, 0.2) is 6.10 Å². The summed E-state index contributed by atoms with van der Waals surface area (Å²) < 4.78 is 4.63. The molecule has 0 saturated carbocycles. The molecule has 0 fully saturated rings. The number of aliphatic hydroxyl groups is 1. The summed E-state index contributed by atoms with van der Waals surface area (Å²) in [4.78, 5) is 19.4. The maximum atomic E-state index is 9.72. The Bertz CT molecular complexity index is 215. The Balaban J connectivity index is 0. The van der Waals surface area contributed by atoms with Crippen molar-refractivity contribution in [3.8, 4) is 0 Å². The molecule has 6 nitrogen and oxygen atoms in total. The van der Waals surface area contributed by atoms with E-state index in [1.165, 1.54) is 6.26 Å². The van der Waals surface area contributed by atoms with E-state index in [-0.39, 0.29) is 0 Å². The van der Waals surface area contributed by atoms with Gasteiger partial charge < -0.3 is 20.1 Å². The van der Waals surface area contributed by atoms with Crippen molar-refractivity contribution >= 4 is 11.9 Å². The third-order valence-corrected chi connectivity index (χ3v) is 0.985. The highest BCUT2D eigenvalue weighted by atomic mass is 16.5. The van der Waals surface area contributed by atoms with Gasteiger partial charge in [0.1, 0.15) is 6.61 Å². The van der Waals surface area contributed by atoms with Crippen molar-refractivity contribution in [1.82, 2.24) is 0 Å². The predicted octanol–water partition coefficient (Wildman–Crippen LogP) is 0.239. The van der Waals surface area contributed by atoms with E-state index in [9.17, 15) is 9.59 Å². The molecule has 0 heterocycles. The smallest absolute Gasteiger partial charge is 0.333 e. The molecule has 1 atom stereocenters. The van der Waals surface area contributed by atoms with Crippen molar-refractivity contribution < 1.29 is 29.6 Å². The molecule has 86 valence electrons. The Kier molecular flexibility index (Phi) is 10.7. The van der Waals surface area contributed by atoms with Gasteiger partial charge in [-0.1, -0.05) is 19.2 Å². The number of carboxylic acid groups (broad SMARTS) is 2. The molecule has 0 aromatic heterocycles. The summed E-state index contributed by atoms with van der Waals surface area (Å²) in [7, 11) is 0. The Morgan fingerprint density at radius 3 is 2.00 bits per heavy atom. The van der Waals surface area contributed by atoms with E-state index in [4.69, 9.17) is 15.3 Å². The molecule has 6 heteroatoms. The number of carbonyl (C=O) groups is 2. The maximum Gasteiger partial charge on any atom is 0.333 e. The lowest BCUT2D eigenvalue weighted by Crippen LogP contribution is -2.22. The number of ether oxygens (including phenoxy) is 1. The topological polar surface area (TPSA) is 104 Å². The molecule has 0 saturated heterocycles. The Morgan fingerprint density at radius 1 is 1.33 bits per heavy atom. The summed E-state index contributed by atoms with van der Waals surface area (Å²) in [6.45, 7) is 7.31. The number of carboxylic acids is 2. The highest BCUT2D eigenvalue weighted by Gasteiger charge is 2.16. The molecule has 0 aliphatic heterocycles. The van der Waals surface area contributed by atoms with Gasteiger partial charge in [0.25, 0.3) is 0 Å². The molecular formula is C9H14O6. The lowest BCUT2D eigenvalue weighted by atomic mass is 10.3. The summed E-state index contributed by atoms with van der Waals surface area (Å²) >= 11 is 0.